The van der Waals surface area contributed by atoms with Crippen LogP contribution in [0.1, 0.15) is 28.4 Å². The molecule has 106 valence electrons. The molecule has 0 fully saturated rings. The van der Waals surface area contributed by atoms with E-state index in [-0.39, 0.29) is 18.0 Å². The first kappa shape index (κ1) is 14.7. The second-order valence-corrected chi connectivity index (χ2v) is 4.44. The normalized spacial score (nSPS) is 9.95. The van der Waals surface area contributed by atoms with Gasteiger partial charge in [-0.2, -0.15) is 0 Å². The lowest BCUT2D eigenvalue weighted by molar-refractivity contribution is -0.136. The van der Waals surface area contributed by atoms with Crippen molar-refractivity contribution in [2.24, 2.45) is 0 Å². The van der Waals surface area contributed by atoms with Crippen molar-refractivity contribution in [2.75, 3.05) is 6.61 Å². The predicted octanol–water partition coefficient (Wildman–Crippen LogP) is 3.49. The van der Waals surface area contributed by atoms with Crippen LogP contribution in [0.15, 0.2) is 61.2 Å². The maximum Gasteiger partial charge on any atom is 0.338 e. The molecule has 2 rings (SSSR count). The molecule has 21 heavy (non-hydrogen) atoms. The van der Waals surface area contributed by atoms with Gasteiger partial charge in [-0.1, -0.05) is 61.2 Å². The molecule has 0 amide bonds. The molecule has 0 aromatic heterocycles. The molecule has 3 nitrogen and oxygen atoms in total. The number of carbonyl (C=O) groups is 2. The van der Waals surface area contributed by atoms with Gasteiger partial charge in [0.2, 0.25) is 0 Å². The molecule has 3 heteroatoms. The van der Waals surface area contributed by atoms with E-state index in [0.717, 1.165) is 0 Å². The van der Waals surface area contributed by atoms with Crippen LogP contribution in [0.25, 0.3) is 5.57 Å². The zero-order valence-electron chi connectivity index (χ0n) is 11.8. The second-order valence-electron chi connectivity index (χ2n) is 4.44. The Kier molecular flexibility index (Phi) is 4.67. The van der Waals surface area contributed by atoms with Crippen LogP contribution < -0.4 is 0 Å². The summed E-state index contributed by atoms with van der Waals surface area (Å²) >= 11 is 0. The molecule has 0 saturated heterocycles. The van der Waals surface area contributed by atoms with E-state index in [2.05, 4.69) is 6.58 Å². The van der Waals surface area contributed by atoms with Crippen LogP contribution in [0.4, 0.5) is 0 Å². The number of hydrogen-bond acceptors (Lipinski definition) is 3. The van der Waals surface area contributed by atoms with Crippen molar-refractivity contribution < 1.29 is 14.3 Å². The van der Waals surface area contributed by atoms with E-state index >= 15 is 0 Å². The topological polar surface area (TPSA) is 43.4 Å². The molecule has 0 atom stereocenters. The third-order valence-corrected chi connectivity index (χ3v) is 3.05. The quantitative estimate of drug-likeness (QED) is 0.478. The van der Waals surface area contributed by atoms with E-state index in [1.54, 1.807) is 55.5 Å². The molecule has 0 heterocycles. The minimum Gasteiger partial charge on any atom is -0.462 e. The fraction of sp³-hybridized carbons (Fsp3) is 0.111. The van der Waals surface area contributed by atoms with Crippen molar-refractivity contribution in [3.63, 3.8) is 0 Å². The van der Waals surface area contributed by atoms with Crippen molar-refractivity contribution in [3.05, 3.63) is 77.9 Å². The van der Waals surface area contributed by atoms with Crippen LogP contribution in [0.3, 0.4) is 0 Å². The summed E-state index contributed by atoms with van der Waals surface area (Å²) in [5.74, 6) is -0.650. The van der Waals surface area contributed by atoms with E-state index in [9.17, 15) is 9.59 Å². The highest BCUT2D eigenvalue weighted by Crippen LogP contribution is 2.22. The Morgan fingerprint density at radius 2 is 1.52 bits per heavy atom. The van der Waals surface area contributed by atoms with Crippen molar-refractivity contribution in [3.8, 4) is 0 Å². The first-order valence-corrected chi connectivity index (χ1v) is 6.70. The standard InChI is InChI=1S/C18H16O3/c1-3-21-18(20)13(2)15-11-7-8-12-16(15)17(19)14-9-5-4-6-10-14/h4-12H,2-3H2,1H3. The van der Waals surface area contributed by atoms with Crippen molar-refractivity contribution in [1.29, 1.82) is 0 Å². The lowest BCUT2D eigenvalue weighted by atomic mass is 9.94. The summed E-state index contributed by atoms with van der Waals surface area (Å²) < 4.78 is 4.95. The molecule has 2 aromatic rings. The summed E-state index contributed by atoms with van der Waals surface area (Å²) in [6.45, 7) is 5.75. The minimum atomic E-state index is -0.509. The van der Waals surface area contributed by atoms with Crippen LogP contribution in [0, 0.1) is 0 Å². The average molecular weight is 280 g/mol. The summed E-state index contributed by atoms with van der Waals surface area (Å²) in [5.41, 5.74) is 1.71. The van der Waals surface area contributed by atoms with Crippen molar-refractivity contribution >= 4 is 17.3 Å². The van der Waals surface area contributed by atoms with Gasteiger partial charge in [0.15, 0.2) is 5.78 Å². The highest BCUT2D eigenvalue weighted by Gasteiger charge is 2.18. The predicted molar refractivity (Wildman–Crippen MR) is 82.0 cm³/mol. The smallest absolute Gasteiger partial charge is 0.338 e. The van der Waals surface area contributed by atoms with Gasteiger partial charge in [0.25, 0.3) is 0 Å². The zero-order valence-corrected chi connectivity index (χ0v) is 11.8. The fourth-order valence-electron chi connectivity index (χ4n) is 2.02. The lowest BCUT2D eigenvalue weighted by Crippen LogP contribution is -2.10. The van der Waals surface area contributed by atoms with Crippen LogP contribution in [-0.4, -0.2) is 18.4 Å². The molecular formula is C18H16O3. The van der Waals surface area contributed by atoms with Crippen molar-refractivity contribution in [2.45, 2.75) is 6.92 Å². The Hall–Kier alpha value is -2.68. The van der Waals surface area contributed by atoms with Gasteiger partial charge in [-0.05, 0) is 12.5 Å². The maximum atomic E-state index is 12.6. The van der Waals surface area contributed by atoms with Crippen LogP contribution in [0.5, 0.6) is 0 Å². The third-order valence-electron chi connectivity index (χ3n) is 3.05. The summed E-state index contributed by atoms with van der Waals surface area (Å²) in [5, 5.41) is 0. The summed E-state index contributed by atoms with van der Waals surface area (Å²) in [6.07, 6.45) is 0. The molecule has 2 aromatic carbocycles. The Labute approximate surface area is 123 Å². The molecular weight excluding hydrogens is 264 g/mol. The molecule has 0 saturated carbocycles. The number of carbonyl (C=O) groups excluding carboxylic acids is 2. The fourth-order valence-corrected chi connectivity index (χ4v) is 2.02. The van der Waals surface area contributed by atoms with Gasteiger partial charge in [0, 0.05) is 11.1 Å². The highest BCUT2D eigenvalue weighted by atomic mass is 16.5. The first-order valence-electron chi connectivity index (χ1n) is 6.70. The summed E-state index contributed by atoms with van der Waals surface area (Å²) in [7, 11) is 0. The molecule has 0 N–H and O–H groups in total. The Balaban J connectivity index is 2.40. The number of benzene rings is 2. The molecule has 0 aliphatic heterocycles. The van der Waals surface area contributed by atoms with Crippen molar-refractivity contribution in [1.82, 2.24) is 0 Å². The van der Waals surface area contributed by atoms with Gasteiger partial charge >= 0.3 is 5.97 Å². The Bertz CT molecular complexity index is 672. The van der Waals surface area contributed by atoms with Gasteiger partial charge < -0.3 is 4.74 Å². The molecule has 0 spiro atoms. The van der Waals surface area contributed by atoms with Gasteiger partial charge in [-0.15, -0.1) is 0 Å². The second kappa shape index (κ2) is 6.66. The molecule has 0 aliphatic carbocycles. The SMILES string of the molecule is C=C(C(=O)OCC)c1ccccc1C(=O)c1ccccc1. The summed E-state index contributed by atoms with van der Waals surface area (Å²) in [6, 6.07) is 15.9. The zero-order chi connectivity index (χ0) is 15.2. The number of hydrogen-bond donors (Lipinski definition) is 0. The average Bonchev–Trinajstić information content (AvgIpc) is 2.54. The molecule has 0 aliphatic rings. The van der Waals surface area contributed by atoms with Crippen LogP contribution in [0.2, 0.25) is 0 Å². The molecule has 0 radical (unpaired) electrons. The monoisotopic (exact) mass is 280 g/mol. The molecule has 0 unspecified atom stereocenters. The van der Waals surface area contributed by atoms with E-state index < -0.39 is 5.97 Å². The first-order chi connectivity index (χ1) is 10.1. The van der Waals surface area contributed by atoms with E-state index in [1.165, 1.54) is 0 Å². The Morgan fingerprint density at radius 3 is 2.14 bits per heavy atom. The number of rotatable bonds is 5. The van der Waals surface area contributed by atoms with Crippen LogP contribution >= 0.6 is 0 Å². The van der Waals surface area contributed by atoms with E-state index in [1.807, 2.05) is 6.07 Å². The number of ketones is 1. The summed E-state index contributed by atoms with van der Waals surface area (Å²) in [4.78, 5) is 24.4. The van der Waals surface area contributed by atoms with Gasteiger partial charge in [0.1, 0.15) is 0 Å². The van der Waals surface area contributed by atoms with Gasteiger partial charge in [-0.25, -0.2) is 4.79 Å². The minimum absolute atomic E-state index is 0.142. The highest BCUT2D eigenvalue weighted by molar-refractivity contribution is 6.21. The largest absolute Gasteiger partial charge is 0.462 e. The Morgan fingerprint density at radius 1 is 0.952 bits per heavy atom. The van der Waals surface area contributed by atoms with E-state index in [4.69, 9.17) is 4.74 Å². The maximum absolute atomic E-state index is 12.6. The van der Waals surface area contributed by atoms with Crippen LogP contribution in [-0.2, 0) is 9.53 Å². The lowest BCUT2D eigenvalue weighted by Gasteiger charge is -2.10. The number of esters is 1. The van der Waals surface area contributed by atoms with Gasteiger partial charge in [0.05, 0.1) is 12.2 Å². The third kappa shape index (κ3) is 3.26. The van der Waals surface area contributed by atoms with Gasteiger partial charge in [-0.3, -0.25) is 4.79 Å². The molecule has 0 bridgehead atoms. The number of ether oxygens (including phenoxy) is 1. The van der Waals surface area contributed by atoms with E-state index in [0.29, 0.717) is 16.7 Å².